The number of fused-ring (bicyclic) bond motifs is 1. The summed E-state index contributed by atoms with van der Waals surface area (Å²) in [5.41, 5.74) is 0.374. The molecule has 7 heteroatoms. The molecule has 0 aromatic carbocycles. The van der Waals surface area contributed by atoms with Crippen LogP contribution in [0.25, 0.3) is 0 Å². The van der Waals surface area contributed by atoms with Crippen molar-refractivity contribution in [2.75, 3.05) is 5.75 Å². The van der Waals surface area contributed by atoms with Crippen molar-refractivity contribution < 1.29 is 5.11 Å². The third-order valence-electron chi connectivity index (χ3n) is 1.72. The van der Waals surface area contributed by atoms with Gasteiger partial charge in [0.1, 0.15) is 6.10 Å². The van der Waals surface area contributed by atoms with Gasteiger partial charge in [-0.25, -0.2) is 0 Å². The van der Waals surface area contributed by atoms with Crippen LogP contribution in [0.15, 0.2) is 6.07 Å². The van der Waals surface area contributed by atoms with Crippen LogP contribution in [-0.2, 0) is 0 Å². The zero-order valence-corrected chi connectivity index (χ0v) is 8.66. The van der Waals surface area contributed by atoms with E-state index in [0.717, 1.165) is 11.3 Å². The molecule has 1 aliphatic heterocycles. The van der Waals surface area contributed by atoms with Gasteiger partial charge in [-0.3, -0.25) is 4.21 Å². The van der Waals surface area contributed by atoms with Crippen molar-refractivity contribution in [3.63, 3.8) is 0 Å². The molecule has 1 atom stereocenters. The number of nitrogens with zero attached hydrogens (tertiary/aromatic N) is 1. The van der Waals surface area contributed by atoms with Crippen molar-refractivity contribution in [1.82, 2.24) is 4.21 Å². The maximum absolute atomic E-state index is 11.3. The van der Waals surface area contributed by atoms with E-state index in [0.29, 0.717) is 21.8 Å². The molecule has 0 spiro atoms. The molecule has 0 saturated carbocycles. The summed E-state index contributed by atoms with van der Waals surface area (Å²) in [6, 6.07) is 1.48. The van der Waals surface area contributed by atoms with Gasteiger partial charge < -0.3 is 15.5 Å². The SMILES string of the molecule is [O-][N+]1([O-])SCC(O)c2cc(Cl)sc21. The van der Waals surface area contributed by atoms with Gasteiger partial charge in [0.05, 0.1) is 27.6 Å². The Hall–Kier alpha value is 0.180. The summed E-state index contributed by atoms with van der Waals surface area (Å²) < 4.78 is -1.38. The number of thiophene rings is 1. The molecule has 0 aliphatic carbocycles. The van der Waals surface area contributed by atoms with Crippen LogP contribution in [-0.4, -0.2) is 10.9 Å². The van der Waals surface area contributed by atoms with E-state index in [4.69, 9.17) is 11.6 Å². The maximum Gasteiger partial charge on any atom is 0.207 e. The van der Waals surface area contributed by atoms with Gasteiger partial charge in [0.2, 0.25) is 5.00 Å². The Labute approximate surface area is 87.6 Å². The molecule has 1 aromatic rings. The van der Waals surface area contributed by atoms with Crippen LogP contribution in [0, 0.1) is 10.4 Å². The highest BCUT2D eigenvalue weighted by molar-refractivity contribution is 7.99. The van der Waals surface area contributed by atoms with Crippen LogP contribution in [0.3, 0.4) is 0 Å². The molecule has 0 fully saturated rings. The monoisotopic (exact) mass is 238 g/mol. The highest BCUT2D eigenvalue weighted by Crippen LogP contribution is 2.49. The fraction of sp³-hybridized carbons (Fsp3) is 0.333. The Kier molecular flexibility index (Phi) is 2.31. The van der Waals surface area contributed by atoms with Crippen molar-refractivity contribution in [3.05, 3.63) is 26.4 Å². The van der Waals surface area contributed by atoms with Gasteiger partial charge in [0.15, 0.2) is 0 Å². The van der Waals surface area contributed by atoms with Crippen molar-refractivity contribution in [3.8, 4) is 0 Å². The first-order chi connectivity index (χ1) is 6.00. The van der Waals surface area contributed by atoms with E-state index < -0.39 is 10.3 Å². The zero-order valence-electron chi connectivity index (χ0n) is 6.27. The van der Waals surface area contributed by atoms with Gasteiger partial charge in [0, 0.05) is 0 Å². The van der Waals surface area contributed by atoms with Gasteiger partial charge in [-0.05, 0) is 6.07 Å². The summed E-state index contributed by atoms with van der Waals surface area (Å²) in [4.78, 5) is 0. The van der Waals surface area contributed by atoms with Crippen molar-refractivity contribution in [2.45, 2.75) is 6.10 Å². The average molecular weight is 239 g/mol. The Morgan fingerprint density at radius 1 is 1.62 bits per heavy atom. The van der Waals surface area contributed by atoms with Crippen LogP contribution in [0.2, 0.25) is 4.34 Å². The average Bonchev–Trinajstić information content (AvgIpc) is 2.42. The highest BCUT2D eigenvalue weighted by Gasteiger charge is 2.32. The van der Waals surface area contributed by atoms with Crippen molar-refractivity contribution in [2.24, 2.45) is 0 Å². The predicted octanol–water partition coefficient (Wildman–Crippen LogP) is 2.40. The minimum atomic E-state index is -1.75. The lowest BCUT2D eigenvalue weighted by molar-refractivity contribution is 0.201. The van der Waals surface area contributed by atoms with E-state index in [9.17, 15) is 15.5 Å². The van der Waals surface area contributed by atoms with Gasteiger partial charge in [-0.1, -0.05) is 22.9 Å². The summed E-state index contributed by atoms with van der Waals surface area (Å²) in [5, 5.41) is 32.1. The zero-order chi connectivity index (χ0) is 9.64. The number of quaternary nitrogens is 1. The Morgan fingerprint density at radius 2 is 2.31 bits per heavy atom. The van der Waals surface area contributed by atoms with E-state index in [2.05, 4.69) is 0 Å². The molecular weight excluding hydrogens is 234 g/mol. The fourth-order valence-electron chi connectivity index (χ4n) is 1.13. The number of halogens is 1. The molecule has 4 nitrogen and oxygen atoms in total. The molecule has 0 radical (unpaired) electrons. The molecule has 72 valence electrons. The third kappa shape index (κ3) is 1.59. The molecule has 13 heavy (non-hydrogen) atoms. The summed E-state index contributed by atoms with van der Waals surface area (Å²) >= 11 is 7.20. The molecule has 0 amide bonds. The first-order valence-electron chi connectivity index (χ1n) is 3.44. The van der Waals surface area contributed by atoms with Crippen molar-refractivity contribution in [1.29, 1.82) is 0 Å². The topological polar surface area (TPSA) is 66.3 Å². The van der Waals surface area contributed by atoms with E-state index in [1.165, 1.54) is 6.07 Å². The Balaban J connectivity index is 2.54. The maximum atomic E-state index is 11.3. The molecular formula is C6H5ClNO3S2-. The molecule has 2 heterocycles. The van der Waals surface area contributed by atoms with Gasteiger partial charge in [-0.2, -0.15) is 0 Å². The molecule has 2 rings (SSSR count). The van der Waals surface area contributed by atoms with E-state index in [-0.39, 0.29) is 10.8 Å². The van der Waals surface area contributed by atoms with E-state index >= 15 is 0 Å². The lowest BCUT2D eigenvalue weighted by atomic mass is 10.2. The number of aliphatic hydroxyl groups excluding tert-OH is 1. The minimum absolute atomic E-state index is 0.0498. The van der Waals surface area contributed by atoms with Crippen molar-refractivity contribution >= 4 is 39.9 Å². The second-order valence-corrected chi connectivity index (χ2v) is 5.35. The second-order valence-electron chi connectivity index (χ2n) is 2.62. The smallest absolute Gasteiger partial charge is 0.207 e. The quantitative estimate of drug-likeness (QED) is 0.428. The van der Waals surface area contributed by atoms with Crippen LogP contribution >= 0.6 is 34.9 Å². The number of aliphatic hydroxyl groups is 1. The summed E-state index contributed by atoms with van der Waals surface area (Å²) in [7, 11) is 0. The molecule has 0 saturated heterocycles. The summed E-state index contributed by atoms with van der Waals surface area (Å²) in [6.45, 7) is 0. The standard InChI is InChI=1S/C6H5ClNO3S2/c7-5-1-3-4(9)2-12-8(10,11)6(3)13-5/h1,4,9H,2H2/q-1. The highest BCUT2D eigenvalue weighted by atomic mass is 35.5. The van der Waals surface area contributed by atoms with Gasteiger partial charge >= 0.3 is 0 Å². The molecule has 0 bridgehead atoms. The molecule has 1 N–H and O–H groups in total. The largest absolute Gasteiger partial charge is 0.613 e. The summed E-state index contributed by atoms with van der Waals surface area (Å²) in [5.74, 6) is 0.118. The van der Waals surface area contributed by atoms with Crippen LogP contribution in [0.5, 0.6) is 0 Å². The normalized spacial score (nSPS) is 25.7. The number of hydrogen-bond acceptors (Lipinski definition) is 5. The third-order valence-corrected chi connectivity index (χ3v) is 4.15. The Bertz CT molecular complexity index is 341. The molecule has 1 unspecified atom stereocenters. The van der Waals surface area contributed by atoms with E-state index in [1.54, 1.807) is 0 Å². The number of rotatable bonds is 0. The van der Waals surface area contributed by atoms with Crippen LogP contribution in [0.4, 0.5) is 5.00 Å². The van der Waals surface area contributed by atoms with Crippen LogP contribution in [0.1, 0.15) is 11.7 Å². The predicted molar refractivity (Wildman–Crippen MR) is 55.3 cm³/mol. The van der Waals surface area contributed by atoms with Crippen LogP contribution < -0.4 is 4.21 Å². The van der Waals surface area contributed by atoms with Gasteiger partial charge in [0.25, 0.3) is 0 Å². The number of hydrogen-bond donors (Lipinski definition) is 1. The lowest BCUT2D eigenvalue weighted by Gasteiger charge is -2.45. The molecule has 1 aromatic heterocycles. The minimum Gasteiger partial charge on any atom is -0.613 e. The Morgan fingerprint density at radius 3 is 2.92 bits per heavy atom. The first kappa shape index (κ1) is 9.72. The summed E-state index contributed by atoms with van der Waals surface area (Å²) in [6.07, 6.45) is -0.752. The molecule has 1 aliphatic rings. The second kappa shape index (κ2) is 3.09. The fourth-order valence-corrected chi connectivity index (χ4v) is 3.28. The lowest BCUT2D eigenvalue weighted by Crippen LogP contribution is -2.32. The van der Waals surface area contributed by atoms with Gasteiger partial charge in [-0.15, -0.1) is 0 Å². The van der Waals surface area contributed by atoms with E-state index in [1.807, 2.05) is 0 Å². The first-order valence-corrected chi connectivity index (χ1v) is 5.58.